The maximum Gasteiger partial charge on any atom is 0.323 e. The molecular weight excluding hydrogens is 184 g/mol. The van der Waals surface area contributed by atoms with E-state index in [0.29, 0.717) is 6.54 Å². The molecule has 14 heavy (non-hydrogen) atoms. The average Bonchev–Trinajstić information content (AvgIpc) is 2.01. The second-order valence-electron chi connectivity index (χ2n) is 3.45. The SMILES string of the molecule is CCCN(CC(=O)O)C(=O)CN(C)C. The lowest BCUT2D eigenvalue weighted by Crippen LogP contribution is -2.41. The molecule has 0 aromatic rings. The molecule has 0 aliphatic heterocycles. The molecule has 5 heteroatoms. The Kier molecular flexibility index (Phi) is 5.87. The van der Waals surface area contributed by atoms with Crippen LogP contribution >= 0.6 is 0 Å². The highest BCUT2D eigenvalue weighted by molar-refractivity contribution is 5.82. The van der Waals surface area contributed by atoms with E-state index in [1.807, 2.05) is 6.92 Å². The lowest BCUT2D eigenvalue weighted by atomic mass is 10.3. The van der Waals surface area contributed by atoms with Crippen LogP contribution in [0.2, 0.25) is 0 Å². The van der Waals surface area contributed by atoms with Crippen molar-refractivity contribution in [2.75, 3.05) is 33.7 Å². The molecule has 0 aliphatic rings. The van der Waals surface area contributed by atoms with Crippen LogP contribution in [0.25, 0.3) is 0 Å². The minimum atomic E-state index is -0.967. The topological polar surface area (TPSA) is 60.9 Å². The lowest BCUT2D eigenvalue weighted by Gasteiger charge is -2.21. The van der Waals surface area contributed by atoms with Crippen LogP contribution in [0.4, 0.5) is 0 Å². The maximum absolute atomic E-state index is 11.5. The van der Waals surface area contributed by atoms with Crippen molar-refractivity contribution in [2.24, 2.45) is 0 Å². The first kappa shape index (κ1) is 12.9. The van der Waals surface area contributed by atoms with Crippen molar-refractivity contribution in [3.63, 3.8) is 0 Å². The fraction of sp³-hybridized carbons (Fsp3) is 0.778. The smallest absolute Gasteiger partial charge is 0.323 e. The summed E-state index contributed by atoms with van der Waals surface area (Å²) in [4.78, 5) is 25.1. The van der Waals surface area contributed by atoms with Gasteiger partial charge in [0.05, 0.1) is 6.54 Å². The van der Waals surface area contributed by atoms with Gasteiger partial charge in [-0.25, -0.2) is 0 Å². The van der Waals surface area contributed by atoms with Crippen LogP contribution in [0, 0.1) is 0 Å². The van der Waals surface area contributed by atoms with Gasteiger partial charge in [0.1, 0.15) is 6.54 Å². The quantitative estimate of drug-likeness (QED) is 0.652. The van der Waals surface area contributed by atoms with Gasteiger partial charge in [0.15, 0.2) is 0 Å². The Balaban J connectivity index is 4.17. The average molecular weight is 202 g/mol. The third kappa shape index (κ3) is 5.53. The zero-order chi connectivity index (χ0) is 11.1. The molecule has 0 rings (SSSR count). The van der Waals surface area contributed by atoms with Crippen molar-refractivity contribution in [1.29, 1.82) is 0 Å². The Morgan fingerprint density at radius 3 is 2.14 bits per heavy atom. The van der Waals surface area contributed by atoms with E-state index in [1.54, 1.807) is 19.0 Å². The molecule has 0 aliphatic carbocycles. The van der Waals surface area contributed by atoms with Gasteiger partial charge in [-0.15, -0.1) is 0 Å². The summed E-state index contributed by atoms with van der Waals surface area (Å²) in [5.41, 5.74) is 0. The van der Waals surface area contributed by atoms with Gasteiger partial charge in [-0.3, -0.25) is 9.59 Å². The Bertz CT molecular complexity index is 204. The number of amides is 1. The van der Waals surface area contributed by atoms with Crippen molar-refractivity contribution in [2.45, 2.75) is 13.3 Å². The van der Waals surface area contributed by atoms with E-state index in [4.69, 9.17) is 5.11 Å². The normalized spacial score (nSPS) is 10.3. The van der Waals surface area contributed by atoms with Crippen LogP contribution in [-0.2, 0) is 9.59 Å². The first-order chi connectivity index (χ1) is 6.47. The molecule has 0 saturated heterocycles. The number of carbonyl (C=O) groups is 2. The zero-order valence-corrected chi connectivity index (χ0v) is 8.99. The highest BCUT2D eigenvalue weighted by atomic mass is 16.4. The molecule has 0 radical (unpaired) electrons. The summed E-state index contributed by atoms with van der Waals surface area (Å²) >= 11 is 0. The standard InChI is InChI=1S/C9H18N2O3/c1-4-5-11(7-9(13)14)8(12)6-10(2)3/h4-7H2,1-3H3,(H,13,14). The van der Waals surface area contributed by atoms with Crippen LogP contribution in [0.5, 0.6) is 0 Å². The number of carboxylic acid groups (broad SMARTS) is 1. The van der Waals surface area contributed by atoms with E-state index in [-0.39, 0.29) is 19.0 Å². The first-order valence-corrected chi connectivity index (χ1v) is 4.61. The molecule has 0 atom stereocenters. The second-order valence-corrected chi connectivity index (χ2v) is 3.45. The molecule has 1 N–H and O–H groups in total. The third-order valence-electron chi connectivity index (χ3n) is 1.62. The van der Waals surface area contributed by atoms with Gasteiger partial charge in [-0.05, 0) is 20.5 Å². The fourth-order valence-electron chi connectivity index (χ4n) is 1.10. The number of hydrogen-bond donors (Lipinski definition) is 1. The Morgan fingerprint density at radius 1 is 1.21 bits per heavy atom. The number of aliphatic carboxylic acids is 1. The molecule has 1 amide bonds. The highest BCUT2D eigenvalue weighted by Crippen LogP contribution is 1.94. The zero-order valence-electron chi connectivity index (χ0n) is 8.99. The van der Waals surface area contributed by atoms with Crippen LogP contribution in [-0.4, -0.2) is 60.5 Å². The van der Waals surface area contributed by atoms with Gasteiger partial charge in [0.25, 0.3) is 0 Å². The van der Waals surface area contributed by atoms with Crippen molar-refractivity contribution in [3.8, 4) is 0 Å². The van der Waals surface area contributed by atoms with E-state index < -0.39 is 5.97 Å². The Labute approximate surface area is 84.3 Å². The molecule has 0 aromatic carbocycles. The lowest BCUT2D eigenvalue weighted by molar-refractivity contribution is -0.144. The predicted molar refractivity (Wildman–Crippen MR) is 53.1 cm³/mol. The summed E-state index contributed by atoms with van der Waals surface area (Å²) in [5, 5.41) is 8.59. The number of likely N-dealkylation sites (N-methyl/N-ethyl adjacent to an activating group) is 1. The van der Waals surface area contributed by atoms with E-state index in [2.05, 4.69) is 0 Å². The monoisotopic (exact) mass is 202 g/mol. The Hall–Kier alpha value is -1.10. The summed E-state index contributed by atoms with van der Waals surface area (Å²) in [6.45, 7) is 2.46. The number of rotatable bonds is 6. The van der Waals surface area contributed by atoms with Crippen LogP contribution in [0.1, 0.15) is 13.3 Å². The molecular formula is C9H18N2O3. The van der Waals surface area contributed by atoms with E-state index in [9.17, 15) is 9.59 Å². The van der Waals surface area contributed by atoms with E-state index >= 15 is 0 Å². The predicted octanol–water partition coefficient (Wildman–Crippen LogP) is -0.129. The molecule has 0 saturated carbocycles. The molecule has 0 spiro atoms. The summed E-state index contributed by atoms with van der Waals surface area (Å²) in [5.74, 6) is -1.11. The van der Waals surface area contributed by atoms with Gasteiger partial charge >= 0.3 is 5.97 Å². The summed E-state index contributed by atoms with van der Waals surface area (Å²) in [6.07, 6.45) is 0.770. The van der Waals surface area contributed by atoms with Crippen molar-refractivity contribution in [1.82, 2.24) is 9.80 Å². The number of hydrogen-bond acceptors (Lipinski definition) is 3. The van der Waals surface area contributed by atoms with Gasteiger partial charge in [0.2, 0.25) is 5.91 Å². The first-order valence-electron chi connectivity index (χ1n) is 4.61. The minimum Gasteiger partial charge on any atom is -0.480 e. The molecule has 0 heterocycles. The van der Waals surface area contributed by atoms with Crippen molar-refractivity contribution in [3.05, 3.63) is 0 Å². The second kappa shape index (κ2) is 6.37. The Morgan fingerprint density at radius 2 is 1.79 bits per heavy atom. The summed E-state index contributed by atoms with van der Waals surface area (Å²) in [7, 11) is 3.56. The van der Waals surface area contributed by atoms with Gasteiger partial charge in [-0.2, -0.15) is 0 Å². The van der Waals surface area contributed by atoms with Gasteiger partial charge in [0, 0.05) is 6.54 Å². The number of nitrogens with zero attached hydrogens (tertiary/aromatic N) is 2. The van der Waals surface area contributed by atoms with E-state index in [1.165, 1.54) is 4.90 Å². The largest absolute Gasteiger partial charge is 0.480 e. The molecule has 0 fully saturated rings. The summed E-state index contributed by atoms with van der Waals surface area (Å²) < 4.78 is 0. The molecule has 0 unspecified atom stereocenters. The van der Waals surface area contributed by atoms with Crippen LogP contribution in [0.15, 0.2) is 0 Å². The number of carboxylic acids is 1. The van der Waals surface area contributed by atoms with Gasteiger partial charge < -0.3 is 14.9 Å². The molecule has 0 bridgehead atoms. The maximum atomic E-state index is 11.5. The van der Waals surface area contributed by atoms with E-state index in [0.717, 1.165) is 6.42 Å². The molecule has 0 aromatic heterocycles. The van der Waals surface area contributed by atoms with Crippen molar-refractivity contribution < 1.29 is 14.7 Å². The van der Waals surface area contributed by atoms with Gasteiger partial charge in [-0.1, -0.05) is 6.92 Å². The van der Waals surface area contributed by atoms with Crippen LogP contribution < -0.4 is 0 Å². The fourth-order valence-corrected chi connectivity index (χ4v) is 1.10. The third-order valence-corrected chi connectivity index (χ3v) is 1.62. The minimum absolute atomic E-state index is 0.140. The molecule has 5 nitrogen and oxygen atoms in total. The van der Waals surface area contributed by atoms with Crippen molar-refractivity contribution >= 4 is 11.9 Å². The highest BCUT2D eigenvalue weighted by Gasteiger charge is 2.15. The molecule has 82 valence electrons. The number of carbonyl (C=O) groups excluding carboxylic acids is 1. The van der Waals surface area contributed by atoms with Crippen LogP contribution in [0.3, 0.4) is 0 Å². The summed E-state index contributed by atoms with van der Waals surface area (Å²) in [6, 6.07) is 0.